The molecule has 0 atom stereocenters. The fourth-order valence-corrected chi connectivity index (χ4v) is 2.34. The maximum Gasteiger partial charge on any atom is 0.410 e. The molecule has 0 aromatic carbocycles. The minimum absolute atomic E-state index is 0.265. The van der Waals surface area contributed by atoms with Crippen LogP contribution in [-0.4, -0.2) is 52.7 Å². The number of halogens is 1. The first kappa shape index (κ1) is 15.8. The van der Waals surface area contributed by atoms with E-state index in [1.807, 2.05) is 27.7 Å². The van der Waals surface area contributed by atoms with E-state index in [0.717, 1.165) is 5.82 Å². The van der Waals surface area contributed by atoms with Crippen molar-refractivity contribution in [3.63, 3.8) is 0 Å². The van der Waals surface area contributed by atoms with Gasteiger partial charge in [-0.25, -0.2) is 14.8 Å². The third-order valence-corrected chi connectivity index (χ3v) is 3.24. The molecule has 1 aromatic heterocycles. The number of carbonyl (C=O) groups excluding carboxylic acids is 1. The van der Waals surface area contributed by atoms with Gasteiger partial charge in [-0.2, -0.15) is 0 Å². The Morgan fingerprint density at radius 2 is 1.86 bits per heavy atom. The molecule has 0 radical (unpaired) electrons. The van der Waals surface area contributed by atoms with Crippen LogP contribution in [0.1, 0.15) is 26.6 Å². The molecule has 0 bridgehead atoms. The molecule has 6 nitrogen and oxygen atoms in total. The molecule has 0 N–H and O–H groups in total. The van der Waals surface area contributed by atoms with Gasteiger partial charge < -0.3 is 14.5 Å². The Balaban J connectivity index is 1.95. The number of piperazine rings is 1. The smallest absolute Gasteiger partial charge is 0.410 e. The molecule has 0 aliphatic carbocycles. The summed E-state index contributed by atoms with van der Waals surface area (Å²) in [6.07, 6.45) is -0.265. The predicted octanol–water partition coefficient (Wildman–Crippen LogP) is 2.50. The maximum atomic E-state index is 12.0. The van der Waals surface area contributed by atoms with Gasteiger partial charge in [0.05, 0.1) is 0 Å². The quantitative estimate of drug-likeness (QED) is 0.746. The molecule has 7 heteroatoms. The first-order valence-electron chi connectivity index (χ1n) is 6.99. The van der Waals surface area contributed by atoms with Crippen molar-refractivity contribution in [3.8, 4) is 0 Å². The zero-order chi connectivity index (χ0) is 15.6. The van der Waals surface area contributed by atoms with Crippen LogP contribution in [0.4, 0.5) is 10.6 Å². The van der Waals surface area contributed by atoms with Gasteiger partial charge in [-0.1, -0.05) is 11.6 Å². The standard InChI is InChI=1S/C14H21ClN4O2/c1-10-16-11(15)9-12(17-10)18-5-7-19(8-6-18)13(20)21-14(2,3)4/h9H,5-8H2,1-4H3. The Labute approximate surface area is 130 Å². The van der Waals surface area contributed by atoms with Crippen molar-refractivity contribution < 1.29 is 9.53 Å². The highest BCUT2D eigenvalue weighted by Crippen LogP contribution is 2.18. The molecule has 1 aromatic rings. The van der Waals surface area contributed by atoms with Crippen LogP contribution in [0.5, 0.6) is 0 Å². The van der Waals surface area contributed by atoms with Crippen molar-refractivity contribution in [2.75, 3.05) is 31.1 Å². The molecule has 1 amide bonds. The Hall–Kier alpha value is -1.56. The van der Waals surface area contributed by atoms with E-state index in [4.69, 9.17) is 16.3 Å². The molecule has 2 rings (SSSR count). The molecule has 1 fully saturated rings. The first-order chi connectivity index (χ1) is 9.74. The molecule has 1 aliphatic heterocycles. The minimum Gasteiger partial charge on any atom is -0.444 e. The van der Waals surface area contributed by atoms with Crippen molar-refractivity contribution in [1.29, 1.82) is 0 Å². The normalized spacial score (nSPS) is 16.0. The lowest BCUT2D eigenvalue weighted by molar-refractivity contribution is 0.0240. The van der Waals surface area contributed by atoms with Crippen molar-refractivity contribution in [2.45, 2.75) is 33.3 Å². The monoisotopic (exact) mass is 312 g/mol. The number of aromatic nitrogens is 2. The number of ether oxygens (including phenoxy) is 1. The fraction of sp³-hybridized carbons (Fsp3) is 0.643. The molecule has 1 aliphatic rings. The number of amides is 1. The summed E-state index contributed by atoms with van der Waals surface area (Å²) in [6, 6.07) is 1.75. The van der Waals surface area contributed by atoms with Crippen LogP contribution >= 0.6 is 11.6 Å². The van der Waals surface area contributed by atoms with E-state index in [1.165, 1.54) is 0 Å². The van der Waals surface area contributed by atoms with E-state index >= 15 is 0 Å². The van der Waals surface area contributed by atoms with Crippen molar-refractivity contribution in [1.82, 2.24) is 14.9 Å². The third-order valence-electron chi connectivity index (χ3n) is 3.05. The van der Waals surface area contributed by atoms with E-state index in [9.17, 15) is 4.79 Å². The summed E-state index contributed by atoms with van der Waals surface area (Å²) >= 11 is 5.96. The van der Waals surface area contributed by atoms with Crippen LogP contribution in [0.3, 0.4) is 0 Å². The lowest BCUT2D eigenvalue weighted by Gasteiger charge is -2.36. The lowest BCUT2D eigenvalue weighted by atomic mass is 10.2. The van der Waals surface area contributed by atoms with E-state index in [0.29, 0.717) is 37.2 Å². The van der Waals surface area contributed by atoms with E-state index in [-0.39, 0.29) is 6.09 Å². The molecule has 0 spiro atoms. The summed E-state index contributed by atoms with van der Waals surface area (Å²) in [5.41, 5.74) is -0.467. The van der Waals surface area contributed by atoms with Gasteiger partial charge in [0.25, 0.3) is 0 Å². The molecular weight excluding hydrogens is 292 g/mol. The van der Waals surface area contributed by atoms with Gasteiger partial charge in [-0.15, -0.1) is 0 Å². The second-order valence-corrected chi connectivity index (χ2v) is 6.44. The molecule has 0 unspecified atom stereocenters. The minimum atomic E-state index is -0.467. The van der Waals surface area contributed by atoms with E-state index in [2.05, 4.69) is 14.9 Å². The second-order valence-electron chi connectivity index (χ2n) is 6.05. The number of rotatable bonds is 1. The summed E-state index contributed by atoms with van der Waals surface area (Å²) in [6.45, 7) is 10.0. The van der Waals surface area contributed by atoms with Crippen molar-refractivity contribution in [2.24, 2.45) is 0 Å². The Morgan fingerprint density at radius 3 is 2.38 bits per heavy atom. The second kappa shape index (κ2) is 6.05. The Bertz CT molecular complexity index is 502. The average molecular weight is 313 g/mol. The van der Waals surface area contributed by atoms with E-state index in [1.54, 1.807) is 11.0 Å². The Morgan fingerprint density at radius 1 is 1.24 bits per heavy atom. The lowest BCUT2D eigenvalue weighted by Crippen LogP contribution is -2.50. The van der Waals surface area contributed by atoms with Gasteiger partial charge in [-0.3, -0.25) is 0 Å². The van der Waals surface area contributed by atoms with Crippen LogP contribution in [0.15, 0.2) is 6.07 Å². The zero-order valence-corrected chi connectivity index (χ0v) is 13.6. The number of carbonyl (C=O) groups is 1. The number of aryl methyl sites for hydroxylation is 1. The summed E-state index contributed by atoms with van der Waals surface area (Å²) in [5.74, 6) is 1.45. The summed E-state index contributed by atoms with van der Waals surface area (Å²) in [4.78, 5) is 24.3. The van der Waals surface area contributed by atoms with Crippen LogP contribution in [0.25, 0.3) is 0 Å². The molecule has 2 heterocycles. The highest BCUT2D eigenvalue weighted by atomic mass is 35.5. The van der Waals surface area contributed by atoms with Gasteiger partial charge in [0.1, 0.15) is 22.4 Å². The Kier molecular flexibility index (Phi) is 4.56. The molecule has 116 valence electrons. The summed E-state index contributed by atoms with van der Waals surface area (Å²) in [7, 11) is 0. The maximum absolute atomic E-state index is 12.0. The van der Waals surface area contributed by atoms with Crippen LogP contribution in [-0.2, 0) is 4.74 Å². The number of nitrogens with zero attached hydrogens (tertiary/aromatic N) is 4. The van der Waals surface area contributed by atoms with Gasteiger partial charge in [-0.05, 0) is 27.7 Å². The van der Waals surface area contributed by atoms with Crippen molar-refractivity contribution >= 4 is 23.5 Å². The number of anilines is 1. The zero-order valence-electron chi connectivity index (χ0n) is 12.9. The molecule has 1 saturated heterocycles. The SMILES string of the molecule is Cc1nc(Cl)cc(N2CCN(C(=O)OC(C)(C)C)CC2)n1. The fourth-order valence-electron chi connectivity index (χ4n) is 2.12. The van der Waals surface area contributed by atoms with Gasteiger partial charge in [0, 0.05) is 32.2 Å². The number of hydrogen-bond donors (Lipinski definition) is 0. The van der Waals surface area contributed by atoms with Crippen molar-refractivity contribution in [3.05, 3.63) is 17.0 Å². The highest BCUT2D eigenvalue weighted by molar-refractivity contribution is 6.29. The van der Waals surface area contributed by atoms with Crippen LogP contribution in [0, 0.1) is 6.92 Å². The molecule has 0 saturated carbocycles. The predicted molar refractivity (Wildman–Crippen MR) is 81.8 cm³/mol. The largest absolute Gasteiger partial charge is 0.444 e. The third kappa shape index (κ3) is 4.46. The highest BCUT2D eigenvalue weighted by Gasteiger charge is 2.26. The van der Waals surface area contributed by atoms with Crippen LogP contribution < -0.4 is 4.90 Å². The summed E-state index contributed by atoms with van der Waals surface area (Å²) < 4.78 is 5.38. The first-order valence-corrected chi connectivity index (χ1v) is 7.36. The topological polar surface area (TPSA) is 58.6 Å². The van der Waals surface area contributed by atoms with Gasteiger partial charge >= 0.3 is 6.09 Å². The van der Waals surface area contributed by atoms with E-state index < -0.39 is 5.60 Å². The summed E-state index contributed by atoms with van der Waals surface area (Å²) in [5, 5.41) is 0.437. The molecular formula is C14H21ClN4O2. The van der Waals surface area contributed by atoms with Gasteiger partial charge in [0.15, 0.2) is 0 Å². The number of hydrogen-bond acceptors (Lipinski definition) is 5. The average Bonchev–Trinajstić information content (AvgIpc) is 2.35. The molecule has 21 heavy (non-hydrogen) atoms. The van der Waals surface area contributed by atoms with Crippen LogP contribution in [0.2, 0.25) is 5.15 Å². The van der Waals surface area contributed by atoms with Gasteiger partial charge in [0.2, 0.25) is 0 Å².